The molecule has 38 heavy (non-hydrogen) atoms. The maximum atomic E-state index is 13.2. The molecule has 0 spiro atoms. The van der Waals surface area contributed by atoms with Crippen molar-refractivity contribution in [3.05, 3.63) is 100 Å². The molecule has 5 rings (SSSR count). The Labute approximate surface area is 220 Å². The zero-order valence-electron chi connectivity index (χ0n) is 21.9. The Morgan fingerprint density at radius 1 is 1.00 bits per heavy atom. The lowest BCUT2D eigenvalue weighted by Crippen LogP contribution is -2.21. The van der Waals surface area contributed by atoms with E-state index in [4.69, 9.17) is 9.47 Å². The largest absolute Gasteiger partial charge is 0.496 e. The van der Waals surface area contributed by atoms with E-state index in [0.717, 1.165) is 34.2 Å². The van der Waals surface area contributed by atoms with E-state index in [9.17, 15) is 9.59 Å². The molecule has 2 aromatic carbocycles. The third kappa shape index (κ3) is 4.75. The van der Waals surface area contributed by atoms with Crippen molar-refractivity contribution in [2.24, 2.45) is 0 Å². The molecule has 0 saturated heterocycles. The number of pyridine rings is 3. The Bertz CT molecular complexity index is 1710. The number of carbonyl (C=O) groups excluding carboxylic acids is 1. The van der Waals surface area contributed by atoms with Crippen molar-refractivity contribution < 1.29 is 14.3 Å². The maximum Gasteiger partial charge on any atom is 0.200 e. The predicted molar refractivity (Wildman–Crippen MR) is 149 cm³/mol. The van der Waals surface area contributed by atoms with E-state index in [1.54, 1.807) is 50.0 Å². The van der Waals surface area contributed by atoms with Gasteiger partial charge in [0.2, 0.25) is 0 Å². The van der Waals surface area contributed by atoms with Crippen LogP contribution in [-0.4, -0.2) is 27.4 Å². The highest BCUT2D eigenvalue weighted by atomic mass is 16.5. The number of hydrogen-bond acceptors (Lipinski definition) is 6. The molecule has 3 heterocycles. The number of para-hydroxylation sites is 1. The highest BCUT2D eigenvalue weighted by molar-refractivity contribution is 5.99. The first-order valence-electron chi connectivity index (χ1n) is 12.6. The summed E-state index contributed by atoms with van der Waals surface area (Å²) in [6, 6.07) is 16.7. The van der Waals surface area contributed by atoms with Crippen LogP contribution in [-0.2, 0) is 12.8 Å². The number of nitrogens with zero attached hydrogens (tertiary/aromatic N) is 3. The molecule has 192 valence electrons. The number of hydrogen-bond donors (Lipinski definition) is 0. The van der Waals surface area contributed by atoms with Crippen LogP contribution in [0.25, 0.3) is 21.8 Å². The first-order chi connectivity index (χ1) is 18.4. The molecule has 0 bridgehead atoms. The van der Waals surface area contributed by atoms with Gasteiger partial charge in [0.25, 0.3) is 0 Å². The lowest BCUT2D eigenvalue weighted by Gasteiger charge is -2.16. The van der Waals surface area contributed by atoms with Gasteiger partial charge in [-0.25, -0.2) is 0 Å². The number of aromatic nitrogens is 3. The van der Waals surface area contributed by atoms with E-state index in [1.807, 2.05) is 48.7 Å². The fourth-order valence-electron chi connectivity index (χ4n) is 4.64. The van der Waals surface area contributed by atoms with Crippen molar-refractivity contribution in [2.75, 3.05) is 7.11 Å². The number of carbonyl (C=O) groups is 1. The van der Waals surface area contributed by atoms with Crippen LogP contribution >= 0.6 is 0 Å². The van der Waals surface area contributed by atoms with E-state index in [2.05, 4.69) is 16.9 Å². The summed E-state index contributed by atoms with van der Waals surface area (Å²) in [6.45, 7) is 6.12. The van der Waals surface area contributed by atoms with Crippen molar-refractivity contribution in [3.8, 4) is 17.2 Å². The molecule has 0 amide bonds. The smallest absolute Gasteiger partial charge is 0.200 e. The van der Waals surface area contributed by atoms with E-state index >= 15 is 0 Å². The topological polar surface area (TPSA) is 83.3 Å². The number of fused-ring (bicyclic) bond motifs is 2. The van der Waals surface area contributed by atoms with Crippen molar-refractivity contribution in [3.63, 3.8) is 0 Å². The summed E-state index contributed by atoms with van der Waals surface area (Å²) in [5, 5.41) is 1.37. The quantitative estimate of drug-likeness (QED) is 0.229. The molecule has 0 N–H and O–H groups in total. The first-order valence-corrected chi connectivity index (χ1v) is 12.6. The van der Waals surface area contributed by atoms with Crippen LogP contribution in [0.15, 0.2) is 78.0 Å². The Kier molecular flexibility index (Phi) is 6.92. The Morgan fingerprint density at radius 2 is 1.82 bits per heavy atom. The monoisotopic (exact) mass is 507 g/mol. The average molecular weight is 508 g/mol. The van der Waals surface area contributed by atoms with Crippen molar-refractivity contribution >= 4 is 27.6 Å². The fourth-order valence-corrected chi connectivity index (χ4v) is 4.64. The average Bonchev–Trinajstić information content (AvgIpc) is 2.93. The van der Waals surface area contributed by atoms with Gasteiger partial charge in [-0.05, 0) is 68.3 Å². The normalized spacial score (nSPS) is 11.3. The van der Waals surface area contributed by atoms with Crippen LogP contribution in [0.5, 0.6) is 17.2 Å². The van der Waals surface area contributed by atoms with Gasteiger partial charge < -0.3 is 14.0 Å². The second-order valence-electron chi connectivity index (χ2n) is 9.42. The van der Waals surface area contributed by atoms with Gasteiger partial charge in [-0.3, -0.25) is 19.6 Å². The van der Waals surface area contributed by atoms with Crippen LogP contribution in [0.4, 0.5) is 0 Å². The van der Waals surface area contributed by atoms with Gasteiger partial charge in [0, 0.05) is 34.9 Å². The molecule has 0 saturated carbocycles. The van der Waals surface area contributed by atoms with E-state index < -0.39 is 0 Å². The Morgan fingerprint density at radius 3 is 2.53 bits per heavy atom. The van der Waals surface area contributed by atoms with E-state index in [1.165, 1.54) is 0 Å². The second kappa shape index (κ2) is 10.5. The minimum Gasteiger partial charge on any atom is -0.496 e. The molecule has 5 aromatic rings. The number of Topliss-reactive ketones (excluding diaryl/α,β-unsaturated/α-hetero) is 1. The van der Waals surface area contributed by atoms with Crippen molar-refractivity contribution in [2.45, 2.75) is 39.7 Å². The van der Waals surface area contributed by atoms with E-state index in [0.29, 0.717) is 22.6 Å². The van der Waals surface area contributed by atoms with Crippen molar-refractivity contribution in [1.29, 1.82) is 0 Å². The number of benzene rings is 2. The van der Waals surface area contributed by atoms with Gasteiger partial charge in [0.15, 0.2) is 11.2 Å². The Balaban J connectivity index is 1.39. The molecule has 0 radical (unpaired) electrons. The second-order valence-corrected chi connectivity index (χ2v) is 9.42. The lowest BCUT2D eigenvalue weighted by molar-refractivity contribution is 0.0990. The van der Waals surface area contributed by atoms with Crippen LogP contribution in [0.1, 0.15) is 48.4 Å². The summed E-state index contributed by atoms with van der Waals surface area (Å²) in [5.41, 5.74) is 3.18. The van der Waals surface area contributed by atoms with Gasteiger partial charge in [-0.2, -0.15) is 0 Å². The zero-order chi connectivity index (χ0) is 26.8. The van der Waals surface area contributed by atoms with Gasteiger partial charge in [0.1, 0.15) is 17.2 Å². The fraction of sp³-hybridized carbons (Fsp3) is 0.226. The SMILES string of the molecule is CCc1cc2nccc(Oc3ccc(CC(=O)c4cn(C(C)C)c5ccccc5c4=O)nc3)c2cc1OC. The maximum absolute atomic E-state index is 13.2. The zero-order valence-corrected chi connectivity index (χ0v) is 21.9. The molecule has 0 aliphatic rings. The molecule has 7 nitrogen and oxygen atoms in total. The summed E-state index contributed by atoms with van der Waals surface area (Å²) in [6.07, 6.45) is 5.81. The molecule has 7 heteroatoms. The number of ketones is 1. The molecular formula is C31H29N3O4. The first kappa shape index (κ1) is 25.1. The van der Waals surface area contributed by atoms with Crippen molar-refractivity contribution in [1.82, 2.24) is 14.5 Å². The van der Waals surface area contributed by atoms with Gasteiger partial charge in [-0.15, -0.1) is 0 Å². The van der Waals surface area contributed by atoms with Crippen LogP contribution in [0.2, 0.25) is 0 Å². The minimum absolute atomic E-state index is 0.0150. The summed E-state index contributed by atoms with van der Waals surface area (Å²) in [5.74, 6) is 1.68. The molecular weight excluding hydrogens is 478 g/mol. The van der Waals surface area contributed by atoms with Gasteiger partial charge >= 0.3 is 0 Å². The summed E-state index contributed by atoms with van der Waals surface area (Å²) in [4.78, 5) is 35.2. The molecule has 0 aliphatic carbocycles. The molecule has 3 aromatic heterocycles. The number of methoxy groups -OCH3 is 1. The highest BCUT2D eigenvalue weighted by Gasteiger charge is 2.18. The standard InChI is InChI=1S/C31H29N3O4/c1-5-20-14-26-24(16-30(20)37-4)29(12-13-32-26)38-22-11-10-21(33-17-22)15-28(35)25-18-34(19(2)3)27-9-7-6-8-23(27)31(25)36/h6-14,16-19H,5,15H2,1-4H3. The molecule has 0 aliphatic heterocycles. The summed E-state index contributed by atoms with van der Waals surface area (Å²) < 4.78 is 13.6. The minimum atomic E-state index is -0.268. The van der Waals surface area contributed by atoms with Crippen LogP contribution in [0.3, 0.4) is 0 Å². The van der Waals surface area contributed by atoms with E-state index in [-0.39, 0.29) is 29.2 Å². The Hall–Kier alpha value is -4.52. The van der Waals surface area contributed by atoms with Gasteiger partial charge in [-0.1, -0.05) is 19.1 Å². The highest BCUT2D eigenvalue weighted by Crippen LogP contribution is 2.33. The summed E-state index contributed by atoms with van der Waals surface area (Å²) >= 11 is 0. The third-order valence-corrected chi connectivity index (χ3v) is 6.65. The predicted octanol–water partition coefficient (Wildman–Crippen LogP) is 6.31. The number of aryl methyl sites for hydroxylation is 1. The molecule has 0 atom stereocenters. The van der Waals surface area contributed by atoms with Crippen LogP contribution in [0, 0.1) is 0 Å². The number of ether oxygens (including phenoxy) is 2. The van der Waals surface area contributed by atoms with Crippen LogP contribution < -0.4 is 14.9 Å². The molecule has 0 fully saturated rings. The third-order valence-electron chi connectivity index (χ3n) is 6.65. The van der Waals surface area contributed by atoms with Gasteiger partial charge in [0.05, 0.1) is 36.3 Å². The molecule has 0 unspecified atom stereocenters. The number of rotatable bonds is 8. The summed E-state index contributed by atoms with van der Waals surface area (Å²) in [7, 11) is 1.65. The lowest BCUT2D eigenvalue weighted by atomic mass is 10.0.